The predicted octanol–water partition coefficient (Wildman–Crippen LogP) is 3.57. The SMILES string of the molecule is CON(C)C(=O)c1c(Cn2c(C(C)C)nc3ccccc32)sc2c1c(=O)n(C)c(=O)n2CC(C)C. The molecule has 0 radical (unpaired) electrons. The smallest absolute Gasteiger partial charge is 0.322 e. The number of thiophene rings is 1. The highest BCUT2D eigenvalue weighted by molar-refractivity contribution is 7.19. The number of fused-ring (bicyclic) bond motifs is 2. The van der Waals surface area contributed by atoms with Crippen LogP contribution in [-0.2, 0) is 25.0 Å². The number of hydrogen-bond donors (Lipinski definition) is 0. The highest BCUT2D eigenvalue weighted by Gasteiger charge is 2.29. The lowest BCUT2D eigenvalue weighted by molar-refractivity contribution is -0.0756. The van der Waals surface area contributed by atoms with Gasteiger partial charge in [0.15, 0.2) is 0 Å². The molecule has 0 saturated carbocycles. The van der Waals surface area contributed by atoms with E-state index in [9.17, 15) is 14.4 Å². The molecule has 4 aromatic rings. The second-order valence-electron chi connectivity index (χ2n) is 9.42. The number of nitrogens with zero attached hydrogens (tertiary/aromatic N) is 5. The summed E-state index contributed by atoms with van der Waals surface area (Å²) in [6, 6.07) is 7.86. The number of imidazole rings is 1. The minimum absolute atomic E-state index is 0.143. The highest BCUT2D eigenvalue weighted by atomic mass is 32.1. The van der Waals surface area contributed by atoms with Gasteiger partial charge < -0.3 is 4.57 Å². The van der Waals surface area contributed by atoms with Crippen molar-refractivity contribution in [1.29, 1.82) is 0 Å². The van der Waals surface area contributed by atoms with Crippen LogP contribution in [0.4, 0.5) is 0 Å². The summed E-state index contributed by atoms with van der Waals surface area (Å²) in [5, 5.41) is 1.36. The predicted molar refractivity (Wildman–Crippen MR) is 138 cm³/mol. The lowest BCUT2D eigenvalue weighted by atomic mass is 10.1. The number of benzene rings is 1. The van der Waals surface area contributed by atoms with Crippen molar-refractivity contribution in [3.05, 3.63) is 61.4 Å². The van der Waals surface area contributed by atoms with E-state index in [-0.39, 0.29) is 28.5 Å². The first kappa shape index (κ1) is 24.9. The van der Waals surface area contributed by atoms with Gasteiger partial charge in [0.1, 0.15) is 10.7 Å². The van der Waals surface area contributed by atoms with E-state index in [2.05, 4.69) is 18.4 Å². The molecule has 0 fully saturated rings. The Morgan fingerprint density at radius 2 is 1.83 bits per heavy atom. The van der Waals surface area contributed by atoms with Crippen molar-refractivity contribution in [3.8, 4) is 0 Å². The van der Waals surface area contributed by atoms with E-state index < -0.39 is 11.5 Å². The number of amides is 1. The van der Waals surface area contributed by atoms with Crippen molar-refractivity contribution < 1.29 is 9.63 Å². The number of carbonyl (C=O) groups is 1. The van der Waals surface area contributed by atoms with Crippen molar-refractivity contribution in [1.82, 2.24) is 23.7 Å². The summed E-state index contributed by atoms with van der Waals surface area (Å²) in [7, 11) is 4.36. The Bertz CT molecular complexity index is 1540. The van der Waals surface area contributed by atoms with Crippen molar-refractivity contribution in [2.45, 2.75) is 46.7 Å². The van der Waals surface area contributed by atoms with E-state index in [0.717, 1.165) is 26.5 Å². The molecule has 0 N–H and O–H groups in total. The first-order chi connectivity index (χ1) is 16.6. The molecule has 0 saturated heterocycles. The van der Waals surface area contributed by atoms with Crippen LogP contribution < -0.4 is 11.2 Å². The molecular weight excluding hydrogens is 466 g/mol. The summed E-state index contributed by atoms with van der Waals surface area (Å²) in [6.45, 7) is 8.94. The van der Waals surface area contributed by atoms with Gasteiger partial charge in [-0.15, -0.1) is 11.3 Å². The fraction of sp³-hybridized carbons (Fsp3) is 0.440. The monoisotopic (exact) mass is 497 g/mol. The van der Waals surface area contributed by atoms with Gasteiger partial charge >= 0.3 is 5.69 Å². The van der Waals surface area contributed by atoms with E-state index in [4.69, 9.17) is 9.82 Å². The maximum Gasteiger partial charge on any atom is 0.331 e. The molecule has 0 aliphatic rings. The minimum atomic E-state index is -0.486. The van der Waals surface area contributed by atoms with Gasteiger partial charge in [0, 0.05) is 31.4 Å². The van der Waals surface area contributed by atoms with Crippen LogP contribution in [0, 0.1) is 5.92 Å². The highest BCUT2D eigenvalue weighted by Crippen LogP contribution is 2.33. The summed E-state index contributed by atoms with van der Waals surface area (Å²) in [6.07, 6.45) is 0. The Morgan fingerprint density at radius 3 is 2.46 bits per heavy atom. The van der Waals surface area contributed by atoms with Gasteiger partial charge in [-0.1, -0.05) is 39.8 Å². The molecule has 35 heavy (non-hydrogen) atoms. The zero-order chi connectivity index (χ0) is 25.6. The van der Waals surface area contributed by atoms with Gasteiger partial charge in [0.2, 0.25) is 0 Å². The minimum Gasteiger partial charge on any atom is -0.322 e. The van der Waals surface area contributed by atoms with Crippen molar-refractivity contribution in [2.24, 2.45) is 13.0 Å². The maximum absolute atomic E-state index is 13.5. The first-order valence-electron chi connectivity index (χ1n) is 11.6. The van der Waals surface area contributed by atoms with Gasteiger partial charge in [0.05, 0.1) is 35.6 Å². The number of rotatable bonds is 7. The third-order valence-corrected chi connectivity index (χ3v) is 7.27. The zero-order valence-electron chi connectivity index (χ0n) is 21.2. The lowest BCUT2D eigenvalue weighted by Crippen LogP contribution is -2.39. The fourth-order valence-electron chi connectivity index (χ4n) is 4.32. The molecule has 3 aromatic heterocycles. The molecule has 0 unspecified atom stereocenters. The van der Waals surface area contributed by atoms with Crippen LogP contribution in [0.25, 0.3) is 21.3 Å². The molecule has 1 amide bonds. The van der Waals surface area contributed by atoms with Crippen molar-refractivity contribution in [3.63, 3.8) is 0 Å². The topological polar surface area (TPSA) is 91.4 Å². The first-order valence-corrected chi connectivity index (χ1v) is 12.4. The van der Waals surface area contributed by atoms with E-state index in [0.29, 0.717) is 22.8 Å². The van der Waals surface area contributed by atoms with E-state index >= 15 is 0 Å². The molecule has 0 spiro atoms. The van der Waals surface area contributed by atoms with Crippen LogP contribution in [0.5, 0.6) is 0 Å². The molecular formula is C25H31N5O4S. The normalized spacial score (nSPS) is 11.9. The molecule has 10 heteroatoms. The average molecular weight is 498 g/mol. The van der Waals surface area contributed by atoms with Crippen molar-refractivity contribution in [2.75, 3.05) is 14.2 Å². The molecule has 4 rings (SSSR count). The molecule has 1 aromatic carbocycles. The lowest BCUT2D eigenvalue weighted by Gasteiger charge is -2.16. The second-order valence-corrected chi connectivity index (χ2v) is 10.5. The number of aromatic nitrogens is 4. The third-order valence-electron chi connectivity index (χ3n) is 6.07. The molecule has 3 heterocycles. The average Bonchev–Trinajstić information content (AvgIpc) is 3.38. The molecule has 0 atom stereocenters. The van der Waals surface area contributed by atoms with Crippen LogP contribution in [-0.4, -0.2) is 43.8 Å². The van der Waals surface area contributed by atoms with Crippen LogP contribution in [0.3, 0.4) is 0 Å². The van der Waals surface area contributed by atoms with Crippen LogP contribution in [0.1, 0.15) is 54.7 Å². The molecule has 0 aliphatic heterocycles. The van der Waals surface area contributed by atoms with Crippen molar-refractivity contribution >= 4 is 38.5 Å². The molecule has 0 aliphatic carbocycles. The fourth-order valence-corrected chi connectivity index (χ4v) is 5.60. The zero-order valence-corrected chi connectivity index (χ0v) is 22.0. The molecule has 0 bridgehead atoms. The summed E-state index contributed by atoms with van der Waals surface area (Å²) < 4.78 is 4.77. The van der Waals surface area contributed by atoms with Crippen LogP contribution >= 0.6 is 11.3 Å². The Kier molecular flexibility index (Phi) is 6.70. The summed E-state index contributed by atoms with van der Waals surface area (Å²) in [5.41, 5.74) is 1.20. The Labute approximate surface area is 207 Å². The van der Waals surface area contributed by atoms with Gasteiger partial charge in [0.25, 0.3) is 11.5 Å². The van der Waals surface area contributed by atoms with Gasteiger partial charge in [-0.25, -0.2) is 14.8 Å². The quantitative estimate of drug-likeness (QED) is 0.364. The Balaban J connectivity index is 2.07. The van der Waals surface area contributed by atoms with E-state index in [1.165, 1.54) is 32.5 Å². The van der Waals surface area contributed by atoms with Gasteiger partial charge in [-0.05, 0) is 18.1 Å². The summed E-state index contributed by atoms with van der Waals surface area (Å²) >= 11 is 1.31. The third kappa shape index (κ3) is 4.21. The molecule has 186 valence electrons. The standard InChI is InChI=1S/C25H31N5O4S/c1-14(2)12-30-24-20(22(31)27(5)25(30)33)19(23(32)28(6)34-7)18(35-24)13-29-17-11-9-8-10-16(17)26-21(29)15(3)4/h8-11,14-15H,12-13H2,1-7H3. The van der Waals surface area contributed by atoms with Crippen LogP contribution in [0.2, 0.25) is 0 Å². The Hall–Kier alpha value is -3.24. The molecule has 9 nitrogen and oxygen atoms in total. The van der Waals surface area contributed by atoms with Crippen LogP contribution in [0.15, 0.2) is 33.9 Å². The number of hydrogen-bond acceptors (Lipinski definition) is 6. The largest absolute Gasteiger partial charge is 0.331 e. The van der Waals surface area contributed by atoms with E-state index in [1.54, 1.807) is 4.57 Å². The summed E-state index contributed by atoms with van der Waals surface area (Å²) in [5.74, 6) is 0.764. The number of para-hydroxylation sites is 2. The van der Waals surface area contributed by atoms with E-state index in [1.807, 2.05) is 38.1 Å². The number of hydroxylamine groups is 2. The van der Waals surface area contributed by atoms with Gasteiger partial charge in [-0.3, -0.25) is 23.6 Å². The Morgan fingerprint density at radius 1 is 1.14 bits per heavy atom. The maximum atomic E-state index is 13.5. The second kappa shape index (κ2) is 9.43. The summed E-state index contributed by atoms with van der Waals surface area (Å²) in [4.78, 5) is 51.1. The van der Waals surface area contributed by atoms with Gasteiger partial charge in [-0.2, -0.15) is 0 Å². The number of carbonyl (C=O) groups excluding carboxylic acids is 1.